The molecule has 10 heavy (non-hydrogen) atoms. The molecule has 0 bridgehead atoms. The zero-order chi connectivity index (χ0) is 7.98. The summed E-state index contributed by atoms with van der Waals surface area (Å²) in [7, 11) is 0. The second-order valence-corrected chi connectivity index (χ2v) is 2.22. The molecule has 0 radical (unpaired) electrons. The van der Waals surface area contributed by atoms with E-state index in [2.05, 4.69) is 13.0 Å². The van der Waals surface area contributed by atoms with Crippen LogP contribution in [0.4, 0.5) is 0 Å². The van der Waals surface area contributed by atoms with E-state index < -0.39 is 0 Å². The molecule has 0 aliphatic carbocycles. The topological polar surface area (TPSA) is 49.8 Å². The number of nitriles is 1. The van der Waals surface area contributed by atoms with Crippen LogP contribution in [0.1, 0.15) is 33.1 Å². The fourth-order valence-electron chi connectivity index (χ4n) is 0.798. The third-order valence-corrected chi connectivity index (χ3v) is 1.40. The molecule has 0 aliphatic rings. The van der Waals surface area contributed by atoms with Gasteiger partial charge in [-0.15, -0.1) is 0 Å². The van der Waals surface area contributed by atoms with Crippen LogP contribution in [0.25, 0.3) is 0 Å². The molecule has 0 unspecified atom stereocenters. The van der Waals surface area contributed by atoms with Gasteiger partial charge in [0.1, 0.15) is 0 Å². The van der Waals surface area contributed by atoms with Crippen LogP contribution in [0, 0.1) is 11.3 Å². The van der Waals surface area contributed by atoms with Gasteiger partial charge in [-0.05, 0) is 12.8 Å². The second-order valence-electron chi connectivity index (χ2n) is 2.22. The number of hydrogen-bond donors (Lipinski definition) is 1. The number of allylic oxidation sites excluding steroid dienone is 2. The summed E-state index contributed by atoms with van der Waals surface area (Å²) < 4.78 is 0. The van der Waals surface area contributed by atoms with Crippen molar-refractivity contribution in [1.29, 1.82) is 5.26 Å². The Hall–Kier alpha value is -0.970. The molecule has 0 aliphatic heterocycles. The molecule has 2 N–H and O–H groups in total. The molecule has 2 nitrogen and oxygen atoms in total. The van der Waals surface area contributed by atoms with Crippen LogP contribution < -0.4 is 5.73 Å². The van der Waals surface area contributed by atoms with Gasteiger partial charge in [-0.25, -0.2) is 0 Å². The first-order chi connectivity index (χ1) is 4.76. The second kappa shape index (κ2) is 4.87. The highest BCUT2D eigenvalue weighted by atomic mass is 14.6. The minimum Gasteiger partial charge on any atom is -0.401 e. The van der Waals surface area contributed by atoms with Crippen molar-refractivity contribution in [1.82, 2.24) is 0 Å². The maximum Gasteiger partial charge on any atom is 0.0965 e. The predicted octanol–water partition coefficient (Wildman–Crippen LogP) is 1.93. The van der Waals surface area contributed by atoms with Crippen molar-refractivity contribution in [3.8, 4) is 6.07 Å². The van der Waals surface area contributed by atoms with E-state index >= 15 is 0 Å². The molecule has 0 rings (SSSR count). The molecule has 0 spiro atoms. The molecule has 0 aromatic heterocycles. The van der Waals surface area contributed by atoms with Crippen molar-refractivity contribution >= 4 is 0 Å². The molecule has 2 heteroatoms. The first-order valence-electron chi connectivity index (χ1n) is 3.63. The first-order valence-corrected chi connectivity index (χ1v) is 3.63. The van der Waals surface area contributed by atoms with Gasteiger partial charge in [0, 0.05) is 11.3 Å². The normalized spacial score (nSPS) is 12.1. The lowest BCUT2D eigenvalue weighted by Gasteiger charge is -1.99. The summed E-state index contributed by atoms with van der Waals surface area (Å²) in [5.41, 5.74) is 7.10. The zero-order valence-electron chi connectivity index (χ0n) is 6.65. The molecule has 0 aromatic rings. The standard InChI is InChI=1S/C8H14N2/c1-3-5-8(10)7(4-2)6-9/h3-5,10H2,1-2H3/b8-7-. The number of nitrogens with two attached hydrogens (primary N) is 1. The van der Waals surface area contributed by atoms with E-state index in [1.165, 1.54) is 0 Å². The molecular weight excluding hydrogens is 124 g/mol. The fourth-order valence-corrected chi connectivity index (χ4v) is 0.798. The van der Waals surface area contributed by atoms with E-state index in [1.807, 2.05) is 6.92 Å². The summed E-state index contributed by atoms with van der Waals surface area (Å²) in [6.07, 6.45) is 2.61. The molecule has 0 heterocycles. The van der Waals surface area contributed by atoms with E-state index in [9.17, 15) is 0 Å². The highest BCUT2D eigenvalue weighted by Gasteiger charge is 1.97. The summed E-state index contributed by atoms with van der Waals surface area (Å²) in [6.45, 7) is 4.00. The molecule has 0 saturated heterocycles. The maximum atomic E-state index is 8.54. The molecule has 0 aromatic carbocycles. The van der Waals surface area contributed by atoms with Crippen molar-refractivity contribution in [2.45, 2.75) is 33.1 Å². The monoisotopic (exact) mass is 138 g/mol. The molecule has 0 saturated carbocycles. The van der Waals surface area contributed by atoms with Gasteiger partial charge >= 0.3 is 0 Å². The van der Waals surface area contributed by atoms with Gasteiger partial charge in [0.25, 0.3) is 0 Å². The lowest BCUT2D eigenvalue weighted by molar-refractivity contribution is 0.871. The molecule has 0 atom stereocenters. The van der Waals surface area contributed by atoms with Crippen LogP contribution in [0.5, 0.6) is 0 Å². The third-order valence-electron chi connectivity index (χ3n) is 1.40. The van der Waals surface area contributed by atoms with Crippen LogP contribution in [-0.2, 0) is 0 Å². The average molecular weight is 138 g/mol. The van der Waals surface area contributed by atoms with Gasteiger partial charge in [-0.2, -0.15) is 5.26 Å². The summed E-state index contributed by atoms with van der Waals surface area (Å²) >= 11 is 0. The zero-order valence-corrected chi connectivity index (χ0v) is 6.65. The average Bonchev–Trinajstić information content (AvgIpc) is 1.91. The van der Waals surface area contributed by atoms with Crippen molar-refractivity contribution in [3.05, 3.63) is 11.3 Å². The smallest absolute Gasteiger partial charge is 0.0965 e. The fraction of sp³-hybridized carbons (Fsp3) is 0.625. The minimum atomic E-state index is 0.738. The molecule has 56 valence electrons. The van der Waals surface area contributed by atoms with Crippen molar-refractivity contribution < 1.29 is 0 Å². The van der Waals surface area contributed by atoms with E-state index in [1.54, 1.807) is 0 Å². The lowest BCUT2D eigenvalue weighted by atomic mass is 10.1. The van der Waals surface area contributed by atoms with E-state index in [0.717, 1.165) is 30.5 Å². The van der Waals surface area contributed by atoms with Crippen LogP contribution >= 0.6 is 0 Å². The Morgan fingerprint density at radius 3 is 2.40 bits per heavy atom. The van der Waals surface area contributed by atoms with Crippen LogP contribution in [0.15, 0.2) is 11.3 Å². The van der Waals surface area contributed by atoms with Gasteiger partial charge in [-0.1, -0.05) is 20.3 Å². The van der Waals surface area contributed by atoms with Crippen molar-refractivity contribution in [3.63, 3.8) is 0 Å². The predicted molar refractivity (Wildman–Crippen MR) is 42.0 cm³/mol. The lowest BCUT2D eigenvalue weighted by Crippen LogP contribution is -2.00. The Morgan fingerprint density at radius 1 is 1.50 bits per heavy atom. The molecular formula is C8H14N2. The Kier molecular flexibility index (Phi) is 4.39. The van der Waals surface area contributed by atoms with Gasteiger partial charge < -0.3 is 5.73 Å². The van der Waals surface area contributed by atoms with Gasteiger partial charge in [0.2, 0.25) is 0 Å². The van der Waals surface area contributed by atoms with E-state index in [4.69, 9.17) is 11.0 Å². The van der Waals surface area contributed by atoms with Gasteiger partial charge in [-0.3, -0.25) is 0 Å². The highest BCUT2D eigenvalue weighted by Crippen LogP contribution is 2.07. The number of nitrogens with zero attached hydrogens (tertiary/aromatic N) is 1. The summed E-state index contributed by atoms with van der Waals surface area (Å²) in [5, 5.41) is 8.54. The summed E-state index contributed by atoms with van der Waals surface area (Å²) in [4.78, 5) is 0. The largest absolute Gasteiger partial charge is 0.401 e. The number of hydrogen-bond acceptors (Lipinski definition) is 2. The quantitative estimate of drug-likeness (QED) is 0.606. The van der Waals surface area contributed by atoms with Crippen molar-refractivity contribution in [2.24, 2.45) is 5.73 Å². The van der Waals surface area contributed by atoms with Crippen LogP contribution in [-0.4, -0.2) is 0 Å². The maximum absolute atomic E-state index is 8.54. The van der Waals surface area contributed by atoms with Crippen LogP contribution in [0.2, 0.25) is 0 Å². The minimum absolute atomic E-state index is 0.738. The summed E-state index contributed by atoms with van der Waals surface area (Å²) in [6, 6.07) is 2.09. The molecule has 0 fully saturated rings. The van der Waals surface area contributed by atoms with E-state index in [-0.39, 0.29) is 0 Å². The van der Waals surface area contributed by atoms with Gasteiger partial charge in [0.15, 0.2) is 0 Å². The van der Waals surface area contributed by atoms with Crippen LogP contribution in [0.3, 0.4) is 0 Å². The van der Waals surface area contributed by atoms with Crippen molar-refractivity contribution in [2.75, 3.05) is 0 Å². The Morgan fingerprint density at radius 2 is 2.10 bits per heavy atom. The Balaban J connectivity index is 4.16. The van der Waals surface area contributed by atoms with Gasteiger partial charge in [0.05, 0.1) is 6.07 Å². The number of rotatable bonds is 3. The Bertz CT molecular complexity index is 163. The Labute approximate surface area is 62.3 Å². The SMILES string of the molecule is CCC/C(N)=C(/C#N)CC. The third kappa shape index (κ3) is 2.54. The highest BCUT2D eigenvalue weighted by molar-refractivity contribution is 5.25. The first kappa shape index (κ1) is 9.03. The van der Waals surface area contributed by atoms with E-state index in [0.29, 0.717) is 0 Å². The summed E-state index contributed by atoms with van der Waals surface area (Å²) in [5.74, 6) is 0. The molecule has 0 amide bonds.